The first-order valence-corrected chi connectivity index (χ1v) is 12.3. The number of rotatable bonds is 8. The van der Waals surface area contributed by atoms with Crippen molar-refractivity contribution in [1.29, 1.82) is 0 Å². The van der Waals surface area contributed by atoms with Gasteiger partial charge in [-0.25, -0.2) is 14.8 Å². The number of ether oxygens (including phenoxy) is 1. The Morgan fingerprint density at radius 1 is 1.11 bits per heavy atom. The lowest BCUT2D eigenvalue weighted by Crippen LogP contribution is -2.54. The van der Waals surface area contributed by atoms with Crippen molar-refractivity contribution in [2.24, 2.45) is 5.92 Å². The first kappa shape index (κ1) is 26.5. The lowest BCUT2D eigenvalue weighted by molar-refractivity contribution is -0.139. The maximum Gasteiger partial charge on any atom is 0.407 e. The zero-order chi connectivity index (χ0) is 27.2. The van der Waals surface area contributed by atoms with E-state index in [9.17, 15) is 19.2 Å². The fourth-order valence-corrected chi connectivity index (χ4v) is 4.49. The third kappa shape index (κ3) is 5.88. The molecule has 4 amide bonds. The first-order chi connectivity index (χ1) is 18.3. The minimum atomic E-state index is -0.782. The van der Waals surface area contributed by atoms with E-state index in [1.54, 1.807) is 6.20 Å². The van der Waals surface area contributed by atoms with Crippen LogP contribution in [0.1, 0.15) is 26.7 Å². The molecule has 1 saturated heterocycles. The topological polar surface area (TPSA) is 143 Å². The smallest absolute Gasteiger partial charge is 0.407 e. The molecule has 0 aliphatic carbocycles. The van der Waals surface area contributed by atoms with Gasteiger partial charge in [0.15, 0.2) is 0 Å². The molecule has 0 unspecified atom stereocenters. The predicted octanol–water partition coefficient (Wildman–Crippen LogP) is 3.18. The standard InChI is InChI=1S/C27H30N6O5/c1-16(2)23(32-27(37)38-3)25(36)33-12-4-5-22(33)24(35)30-20-9-6-17(7-10-20)18-8-11-21-19(13-18)14-28-26(31-21)29-15-34/h6-11,13-16,22-23H,4-5,12H2,1-3H3,(H,30,35)(H,32,37)(H,28,29,31,34)/t22-,23-/m0/s1. The molecule has 1 aliphatic rings. The summed E-state index contributed by atoms with van der Waals surface area (Å²) >= 11 is 0. The number of hydrogen-bond acceptors (Lipinski definition) is 7. The summed E-state index contributed by atoms with van der Waals surface area (Å²) in [5.74, 6) is -0.503. The summed E-state index contributed by atoms with van der Waals surface area (Å²) in [6.07, 6.45) is 2.73. The molecule has 0 spiro atoms. The molecule has 11 nitrogen and oxygen atoms in total. The van der Waals surface area contributed by atoms with Gasteiger partial charge in [0.2, 0.25) is 24.2 Å². The Balaban J connectivity index is 1.44. The average Bonchev–Trinajstić information content (AvgIpc) is 3.42. The van der Waals surface area contributed by atoms with Crippen LogP contribution in [0.4, 0.5) is 16.4 Å². The molecule has 3 N–H and O–H groups in total. The highest BCUT2D eigenvalue weighted by Crippen LogP contribution is 2.26. The number of carbonyl (C=O) groups excluding carboxylic acids is 4. The van der Waals surface area contributed by atoms with Crippen LogP contribution in [-0.2, 0) is 19.1 Å². The number of aromatic nitrogens is 2. The highest BCUT2D eigenvalue weighted by molar-refractivity contribution is 5.99. The van der Waals surface area contributed by atoms with Crippen LogP contribution >= 0.6 is 0 Å². The molecule has 0 saturated carbocycles. The number of hydrogen-bond donors (Lipinski definition) is 3. The van der Waals surface area contributed by atoms with Gasteiger partial charge in [0.1, 0.15) is 12.1 Å². The van der Waals surface area contributed by atoms with Gasteiger partial charge < -0.3 is 20.3 Å². The largest absolute Gasteiger partial charge is 0.453 e. The Morgan fingerprint density at radius 2 is 1.84 bits per heavy atom. The number of fused-ring (bicyclic) bond motifs is 1. The lowest BCUT2D eigenvalue weighted by Gasteiger charge is -2.30. The quantitative estimate of drug-likeness (QED) is 0.389. The highest BCUT2D eigenvalue weighted by Gasteiger charge is 2.38. The highest BCUT2D eigenvalue weighted by atomic mass is 16.5. The summed E-state index contributed by atoms with van der Waals surface area (Å²) in [7, 11) is 1.24. The second kappa shape index (κ2) is 11.7. The van der Waals surface area contributed by atoms with Crippen LogP contribution < -0.4 is 16.0 Å². The summed E-state index contributed by atoms with van der Waals surface area (Å²) in [5.41, 5.74) is 3.20. The number of amides is 4. The molecular formula is C27H30N6O5. The monoisotopic (exact) mass is 518 g/mol. The number of nitrogens with one attached hydrogen (secondary N) is 3. The van der Waals surface area contributed by atoms with Gasteiger partial charge in [-0.15, -0.1) is 0 Å². The van der Waals surface area contributed by atoms with Crippen LogP contribution in [-0.4, -0.2) is 64.9 Å². The summed E-state index contributed by atoms with van der Waals surface area (Å²) in [6, 6.07) is 11.7. The molecule has 11 heteroatoms. The Labute approximate surface area is 220 Å². The van der Waals surface area contributed by atoms with E-state index in [1.165, 1.54) is 12.0 Å². The van der Waals surface area contributed by atoms with E-state index in [4.69, 9.17) is 0 Å². The molecule has 1 aromatic heterocycles. The van der Waals surface area contributed by atoms with E-state index < -0.39 is 18.2 Å². The minimum absolute atomic E-state index is 0.171. The third-order valence-electron chi connectivity index (χ3n) is 6.48. The maximum atomic E-state index is 13.2. The molecule has 4 rings (SSSR count). The fourth-order valence-electron chi connectivity index (χ4n) is 4.49. The molecule has 0 bridgehead atoms. The zero-order valence-electron chi connectivity index (χ0n) is 21.4. The molecule has 38 heavy (non-hydrogen) atoms. The summed E-state index contributed by atoms with van der Waals surface area (Å²) < 4.78 is 4.65. The Hall–Kier alpha value is -4.54. The van der Waals surface area contributed by atoms with Gasteiger partial charge in [-0.1, -0.05) is 32.0 Å². The van der Waals surface area contributed by atoms with Crippen molar-refractivity contribution in [2.45, 2.75) is 38.8 Å². The van der Waals surface area contributed by atoms with Crippen molar-refractivity contribution in [3.05, 3.63) is 48.7 Å². The summed E-state index contributed by atoms with van der Waals surface area (Å²) in [4.78, 5) is 58.6. The van der Waals surface area contributed by atoms with Crippen LogP contribution in [0.2, 0.25) is 0 Å². The number of carbonyl (C=O) groups is 4. The van der Waals surface area contributed by atoms with Gasteiger partial charge in [0.25, 0.3) is 0 Å². The van der Waals surface area contributed by atoms with Crippen molar-refractivity contribution in [1.82, 2.24) is 20.2 Å². The molecule has 3 aromatic rings. The van der Waals surface area contributed by atoms with Crippen molar-refractivity contribution >= 4 is 46.9 Å². The molecule has 0 radical (unpaired) electrons. The molecule has 2 aromatic carbocycles. The molecule has 1 aliphatic heterocycles. The normalized spacial score (nSPS) is 15.7. The second-order valence-electron chi connectivity index (χ2n) is 9.34. The minimum Gasteiger partial charge on any atom is -0.453 e. The fraction of sp³-hybridized carbons (Fsp3) is 0.333. The predicted molar refractivity (Wildman–Crippen MR) is 142 cm³/mol. The van der Waals surface area contributed by atoms with Crippen molar-refractivity contribution in [3.8, 4) is 11.1 Å². The van der Waals surface area contributed by atoms with Crippen LogP contribution in [0.25, 0.3) is 22.0 Å². The first-order valence-electron chi connectivity index (χ1n) is 12.3. The number of benzene rings is 2. The molecule has 1 fully saturated rings. The molecule has 198 valence electrons. The second-order valence-corrected chi connectivity index (χ2v) is 9.34. The zero-order valence-corrected chi connectivity index (χ0v) is 21.4. The van der Waals surface area contributed by atoms with Gasteiger partial charge in [-0.3, -0.25) is 19.7 Å². The number of alkyl carbamates (subject to hydrolysis) is 1. The molecule has 2 heterocycles. The molecular weight excluding hydrogens is 488 g/mol. The van der Waals surface area contributed by atoms with E-state index >= 15 is 0 Å². The SMILES string of the molecule is COC(=O)N[C@H](C(=O)N1CCC[C@H]1C(=O)Nc1ccc(-c2ccc3nc(NC=O)ncc3c2)cc1)C(C)C. The van der Waals surface area contributed by atoms with Gasteiger partial charge in [0.05, 0.1) is 12.6 Å². The van der Waals surface area contributed by atoms with Gasteiger partial charge in [-0.2, -0.15) is 0 Å². The van der Waals surface area contributed by atoms with Crippen LogP contribution in [0.3, 0.4) is 0 Å². The Bertz CT molecular complexity index is 1340. The van der Waals surface area contributed by atoms with E-state index in [1.807, 2.05) is 56.3 Å². The summed E-state index contributed by atoms with van der Waals surface area (Å²) in [6.45, 7) is 4.10. The number of likely N-dealkylation sites (tertiary alicyclic amines) is 1. The maximum absolute atomic E-state index is 13.2. The van der Waals surface area contributed by atoms with Gasteiger partial charge in [0, 0.05) is 23.8 Å². The van der Waals surface area contributed by atoms with Crippen LogP contribution in [0, 0.1) is 5.92 Å². The third-order valence-corrected chi connectivity index (χ3v) is 6.48. The van der Waals surface area contributed by atoms with Crippen LogP contribution in [0.15, 0.2) is 48.7 Å². The van der Waals surface area contributed by atoms with E-state index in [2.05, 4.69) is 30.7 Å². The van der Waals surface area contributed by atoms with E-state index in [0.717, 1.165) is 16.5 Å². The Morgan fingerprint density at radius 3 is 2.53 bits per heavy atom. The van der Waals surface area contributed by atoms with Crippen molar-refractivity contribution in [2.75, 3.05) is 24.3 Å². The average molecular weight is 519 g/mol. The van der Waals surface area contributed by atoms with E-state index in [0.29, 0.717) is 37.0 Å². The number of nitrogens with zero attached hydrogens (tertiary/aromatic N) is 3. The number of methoxy groups -OCH3 is 1. The number of anilines is 2. The van der Waals surface area contributed by atoms with Crippen LogP contribution in [0.5, 0.6) is 0 Å². The van der Waals surface area contributed by atoms with Gasteiger partial charge in [-0.05, 0) is 54.2 Å². The van der Waals surface area contributed by atoms with E-state index in [-0.39, 0.29) is 23.7 Å². The molecule has 2 atom stereocenters. The van der Waals surface area contributed by atoms with Crippen molar-refractivity contribution in [3.63, 3.8) is 0 Å². The lowest BCUT2D eigenvalue weighted by atomic mass is 10.0. The summed E-state index contributed by atoms with van der Waals surface area (Å²) in [5, 5.41) is 8.76. The Kier molecular flexibility index (Phi) is 8.15. The van der Waals surface area contributed by atoms with Gasteiger partial charge >= 0.3 is 6.09 Å². The van der Waals surface area contributed by atoms with Crippen molar-refractivity contribution < 1.29 is 23.9 Å².